The molecule has 68 heavy (non-hydrogen) atoms. The lowest BCUT2D eigenvalue weighted by molar-refractivity contribution is -0.143. The molecule has 0 saturated carbocycles. The quantitative estimate of drug-likeness (QED) is 0.129. The third-order valence-corrected chi connectivity index (χ3v) is 10.3. The molecule has 0 spiro atoms. The number of aromatic hydroxyl groups is 1. The summed E-state index contributed by atoms with van der Waals surface area (Å²) in [6, 6.07) is 28.7. The van der Waals surface area contributed by atoms with Crippen molar-refractivity contribution < 1.29 is 55.2 Å². The maximum absolute atomic E-state index is 13.5. The van der Waals surface area contributed by atoms with Crippen LogP contribution in [0.25, 0.3) is 11.4 Å². The van der Waals surface area contributed by atoms with Gasteiger partial charge in [-0.3, -0.25) is 9.80 Å². The van der Waals surface area contributed by atoms with E-state index in [1.54, 1.807) is 107 Å². The van der Waals surface area contributed by atoms with Crippen LogP contribution in [0.2, 0.25) is 0 Å². The molecule has 4 aromatic carbocycles. The predicted molar refractivity (Wildman–Crippen MR) is 250 cm³/mol. The molecule has 12 nitrogen and oxygen atoms in total. The number of phenolic OH excluding ortho intramolecular Hbond substituents is 1. The number of carbonyl (C=O) groups excluding carboxylic acids is 2. The Hall–Kier alpha value is -6.50. The molecule has 4 heterocycles. The van der Waals surface area contributed by atoms with Crippen molar-refractivity contribution in [2.45, 2.75) is 97.3 Å². The number of amides is 2. The SMILES string of the molecule is C.CC(C)(C)OC(=O)N1CCc2cc(O)ccc21.CC(C)(C)OC(=O)N1CCc2cc(OCc3cc(C(F)(F)F)n(-c4ccccc4)n3)ccc21.FC(F)(F)c1cc(CBr)nn1-c1ccccc1. The topological polar surface area (TPSA) is 124 Å². The van der Waals surface area contributed by atoms with Gasteiger partial charge in [0, 0.05) is 18.4 Å². The van der Waals surface area contributed by atoms with Crippen LogP contribution in [0.5, 0.6) is 11.5 Å². The van der Waals surface area contributed by atoms with Gasteiger partial charge in [0.05, 0.1) is 28.4 Å². The zero-order chi connectivity index (χ0) is 48.9. The summed E-state index contributed by atoms with van der Waals surface area (Å²) in [4.78, 5) is 27.6. The third-order valence-electron chi connectivity index (χ3n) is 9.76. The summed E-state index contributed by atoms with van der Waals surface area (Å²) >= 11 is 3.10. The number of alkyl halides is 7. The smallest absolute Gasteiger partial charge is 0.433 e. The van der Waals surface area contributed by atoms with Crippen LogP contribution in [0.4, 0.5) is 47.3 Å². The summed E-state index contributed by atoms with van der Waals surface area (Å²) in [7, 11) is 0. The number of anilines is 2. The second kappa shape index (κ2) is 21.2. The first kappa shape index (κ1) is 52.5. The van der Waals surface area contributed by atoms with Gasteiger partial charge in [-0.15, -0.1) is 0 Å². The number of carbonyl (C=O) groups is 2. The molecule has 0 atom stereocenters. The summed E-state index contributed by atoms with van der Waals surface area (Å²) in [5.41, 5.74) is 1.96. The zero-order valence-electron chi connectivity index (χ0n) is 37.5. The first-order valence-electron chi connectivity index (χ1n) is 21.0. The Morgan fingerprint density at radius 1 is 0.618 bits per heavy atom. The van der Waals surface area contributed by atoms with Gasteiger partial charge in [0.2, 0.25) is 0 Å². The van der Waals surface area contributed by atoms with Crippen LogP contribution in [0.15, 0.2) is 109 Å². The number of para-hydroxylation sites is 2. The van der Waals surface area contributed by atoms with E-state index in [0.29, 0.717) is 42.3 Å². The van der Waals surface area contributed by atoms with Gasteiger partial charge in [0.1, 0.15) is 46.4 Å². The number of benzene rings is 4. The molecular weight excluding hydrogens is 962 g/mol. The number of rotatable bonds is 6. The fraction of sp³-hybridized carbons (Fsp3) is 0.347. The van der Waals surface area contributed by atoms with Gasteiger partial charge in [0.25, 0.3) is 0 Å². The maximum atomic E-state index is 13.5. The Balaban J connectivity index is 0.000000208. The van der Waals surface area contributed by atoms with E-state index in [-0.39, 0.29) is 36.9 Å². The standard InChI is InChI=1S/C24H24F3N3O3.C13H17NO3.C11H8BrF3N2.CH4/c1-23(2,3)33-22(31)29-12-11-16-13-19(9-10-20(16)29)32-15-17-14-21(24(25,26)27)30(28-17)18-7-5-4-6-8-18;1-13(2,3)17-12(16)14-7-6-9-8-10(15)4-5-11(9)14;12-7-8-6-10(11(13,14)15)17(16-8)9-4-2-1-3-5-9;/h4-10,13-14H,11-12,15H2,1-3H3;4-5,8,15H,6-7H2,1-3H3;1-6H,7H2;1H4. The van der Waals surface area contributed by atoms with Crippen LogP contribution in [0, 0.1) is 0 Å². The fourth-order valence-corrected chi connectivity index (χ4v) is 7.23. The highest BCUT2D eigenvalue weighted by molar-refractivity contribution is 9.08. The molecule has 0 fully saturated rings. The second-order valence-electron chi connectivity index (χ2n) is 17.3. The van der Waals surface area contributed by atoms with Crippen molar-refractivity contribution in [3.8, 4) is 22.9 Å². The average Bonchev–Trinajstić information content (AvgIpc) is 4.07. The number of hydrogen-bond donors (Lipinski definition) is 1. The first-order valence-corrected chi connectivity index (χ1v) is 22.1. The molecule has 0 aliphatic carbocycles. The second-order valence-corrected chi connectivity index (χ2v) is 17.9. The maximum Gasteiger partial charge on any atom is 0.433 e. The van der Waals surface area contributed by atoms with E-state index in [0.717, 1.165) is 50.4 Å². The zero-order valence-corrected chi connectivity index (χ0v) is 39.0. The monoisotopic (exact) mass is 1010 g/mol. The van der Waals surface area contributed by atoms with Crippen molar-refractivity contribution in [1.82, 2.24) is 19.6 Å². The van der Waals surface area contributed by atoms with Crippen molar-refractivity contribution in [2.24, 2.45) is 0 Å². The minimum atomic E-state index is -4.56. The number of hydrogen-bond acceptors (Lipinski definition) is 8. The summed E-state index contributed by atoms with van der Waals surface area (Å²) in [6.45, 7) is 11.9. The molecule has 364 valence electrons. The van der Waals surface area contributed by atoms with Gasteiger partial charge in [-0.25, -0.2) is 19.0 Å². The van der Waals surface area contributed by atoms with Crippen LogP contribution >= 0.6 is 15.9 Å². The van der Waals surface area contributed by atoms with Crippen LogP contribution in [0.1, 0.15) is 82.9 Å². The van der Waals surface area contributed by atoms with Crippen molar-refractivity contribution in [3.05, 3.63) is 143 Å². The van der Waals surface area contributed by atoms with E-state index in [9.17, 15) is 41.0 Å². The normalized spacial score (nSPS) is 13.2. The van der Waals surface area contributed by atoms with Crippen molar-refractivity contribution in [2.75, 3.05) is 22.9 Å². The van der Waals surface area contributed by atoms with Crippen LogP contribution in [0.3, 0.4) is 0 Å². The molecule has 1 N–H and O–H groups in total. The number of fused-ring (bicyclic) bond motifs is 2. The largest absolute Gasteiger partial charge is 0.508 e. The van der Waals surface area contributed by atoms with Crippen LogP contribution in [-0.4, -0.2) is 61.1 Å². The van der Waals surface area contributed by atoms with E-state index in [2.05, 4.69) is 26.1 Å². The van der Waals surface area contributed by atoms with Crippen molar-refractivity contribution in [1.29, 1.82) is 0 Å². The lowest BCUT2D eigenvalue weighted by atomic mass is 10.1. The van der Waals surface area contributed by atoms with Gasteiger partial charge in [-0.05, 0) is 138 Å². The Morgan fingerprint density at radius 2 is 1.04 bits per heavy atom. The molecule has 0 saturated heterocycles. The summed E-state index contributed by atoms with van der Waals surface area (Å²) in [6.07, 6.45) is -8.33. The minimum Gasteiger partial charge on any atom is -0.508 e. The van der Waals surface area contributed by atoms with Crippen LogP contribution < -0.4 is 14.5 Å². The number of ether oxygens (including phenoxy) is 3. The summed E-state index contributed by atoms with van der Waals surface area (Å²) < 4.78 is 97.3. The highest BCUT2D eigenvalue weighted by Crippen LogP contribution is 2.36. The van der Waals surface area contributed by atoms with E-state index in [1.807, 2.05) is 41.5 Å². The molecule has 8 rings (SSSR count). The molecule has 19 heteroatoms. The summed E-state index contributed by atoms with van der Waals surface area (Å²) in [5.74, 6) is 0.720. The highest BCUT2D eigenvalue weighted by Gasteiger charge is 2.38. The summed E-state index contributed by atoms with van der Waals surface area (Å²) in [5, 5.41) is 17.7. The van der Waals surface area contributed by atoms with Crippen molar-refractivity contribution >= 4 is 39.5 Å². The first-order chi connectivity index (χ1) is 31.4. The Morgan fingerprint density at radius 3 is 1.49 bits per heavy atom. The molecule has 0 unspecified atom stereocenters. The van der Waals surface area contributed by atoms with Gasteiger partial charge in [0.15, 0.2) is 0 Å². The molecular formula is C49H53BrF6N6O6. The molecule has 6 aromatic rings. The lowest BCUT2D eigenvalue weighted by Crippen LogP contribution is -2.35. The minimum absolute atomic E-state index is 0. The van der Waals surface area contributed by atoms with E-state index in [4.69, 9.17) is 14.2 Å². The van der Waals surface area contributed by atoms with Gasteiger partial charge in [-0.1, -0.05) is 59.8 Å². The molecule has 0 radical (unpaired) electrons. The van der Waals surface area contributed by atoms with Gasteiger partial charge in [-0.2, -0.15) is 36.5 Å². The Bertz CT molecular complexity index is 2660. The molecule has 2 amide bonds. The Kier molecular flexibility index (Phi) is 16.4. The molecule has 2 aliphatic rings. The number of halogens is 7. The predicted octanol–water partition coefficient (Wildman–Crippen LogP) is 12.9. The van der Waals surface area contributed by atoms with Crippen LogP contribution in [-0.2, 0) is 46.6 Å². The molecule has 2 aromatic heterocycles. The van der Waals surface area contributed by atoms with E-state index >= 15 is 0 Å². The molecule has 2 aliphatic heterocycles. The highest BCUT2D eigenvalue weighted by atomic mass is 79.9. The number of nitrogens with zero attached hydrogens (tertiary/aromatic N) is 6. The average molecular weight is 1020 g/mol. The van der Waals surface area contributed by atoms with E-state index < -0.39 is 41.0 Å². The molecule has 0 bridgehead atoms. The van der Waals surface area contributed by atoms with Gasteiger partial charge < -0.3 is 19.3 Å². The third kappa shape index (κ3) is 13.6. The Labute approximate surface area is 399 Å². The number of phenols is 1. The van der Waals surface area contributed by atoms with Gasteiger partial charge >= 0.3 is 24.5 Å². The fourth-order valence-electron chi connectivity index (χ4n) is 6.96. The van der Waals surface area contributed by atoms with E-state index in [1.165, 1.54) is 0 Å². The number of aromatic nitrogens is 4. The van der Waals surface area contributed by atoms with Crippen molar-refractivity contribution in [3.63, 3.8) is 0 Å². The lowest BCUT2D eigenvalue weighted by Gasteiger charge is -2.24.